The van der Waals surface area contributed by atoms with Gasteiger partial charge in [0.2, 0.25) is 0 Å². The van der Waals surface area contributed by atoms with E-state index in [1.807, 2.05) is 0 Å². The Morgan fingerprint density at radius 2 is 1.88 bits per heavy atom. The molecule has 0 fully saturated rings. The highest BCUT2D eigenvalue weighted by molar-refractivity contribution is 6.30. The fourth-order valence-electron chi connectivity index (χ4n) is 2.12. The van der Waals surface area contributed by atoms with Gasteiger partial charge in [-0.2, -0.15) is 0 Å². The Bertz CT molecular complexity index is 805. The van der Waals surface area contributed by atoms with E-state index in [0.29, 0.717) is 36.6 Å². The van der Waals surface area contributed by atoms with Gasteiger partial charge >= 0.3 is 6.03 Å². The van der Waals surface area contributed by atoms with Crippen molar-refractivity contribution in [2.75, 3.05) is 11.9 Å². The summed E-state index contributed by atoms with van der Waals surface area (Å²) in [7, 11) is 0. The van der Waals surface area contributed by atoms with Gasteiger partial charge in [-0.1, -0.05) is 11.6 Å². The molecule has 0 aliphatic rings. The number of hydrogen-bond donors (Lipinski definition) is 2. The van der Waals surface area contributed by atoms with Crippen molar-refractivity contribution in [3.05, 3.63) is 68.1 Å². The standard InChI is InChI=1S/C16H17ClN4O4/c17-12-3-5-13(6-4-12)19-16(23)18-9-1-2-10-20-11-14(21(24)25)7-8-15(20)22/h3-8,11H,1-2,9-10H2,(H2,18,19,23). The monoisotopic (exact) mass is 364 g/mol. The van der Waals surface area contributed by atoms with Gasteiger partial charge in [0.1, 0.15) is 0 Å². The third-order valence-electron chi connectivity index (χ3n) is 3.39. The van der Waals surface area contributed by atoms with E-state index in [4.69, 9.17) is 11.6 Å². The highest BCUT2D eigenvalue weighted by Gasteiger charge is 2.07. The fourth-order valence-corrected chi connectivity index (χ4v) is 2.25. The zero-order chi connectivity index (χ0) is 18.2. The number of urea groups is 1. The van der Waals surface area contributed by atoms with E-state index >= 15 is 0 Å². The van der Waals surface area contributed by atoms with Gasteiger partial charge in [0, 0.05) is 35.9 Å². The van der Waals surface area contributed by atoms with Crippen molar-refractivity contribution < 1.29 is 9.72 Å². The molecule has 2 amide bonds. The van der Waals surface area contributed by atoms with Crippen molar-refractivity contribution in [2.24, 2.45) is 0 Å². The Hall–Kier alpha value is -2.87. The van der Waals surface area contributed by atoms with Crippen molar-refractivity contribution in [2.45, 2.75) is 19.4 Å². The zero-order valence-electron chi connectivity index (χ0n) is 13.3. The van der Waals surface area contributed by atoms with Crippen LogP contribution in [0.15, 0.2) is 47.4 Å². The first kappa shape index (κ1) is 18.5. The summed E-state index contributed by atoms with van der Waals surface area (Å²) in [4.78, 5) is 33.5. The van der Waals surface area contributed by atoms with Crippen LogP contribution >= 0.6 is 11.6 Å². The van der Waals surface area contributed by atoms with Crippen LogP contribution in [0.25, 0.3) is 0 Å². The van der Waals surface area contributed by atoms with Crippen molar-refractivity contribution in [3.8, 4) is 0 Å². The second-order valence-electron chi connectivity index (χ2n) is 5.27. The summed E-state index contributed by atoms with van der Waals surface area (Å²) < 4.78 is 1.30. The number of pyridine rings is 1. The summed E-state index contributed by atoms with van der Waals surface area (Å²) in [5.41, 5.74) is 0.212. The van der Waals surface area contributed by atoms with Crippen LogP contribution in [0.2, 0.25) is 5.02 Å². The second-order valence-corrected chi connectivity index (χ2v) is 5.71. The normalized spacial score (nSPS) is 10.3. The van der Waals surface area contributed by atoms with Gasteiger partial charge in [-0.25, -0.2) is 4.79 Å². The largest absolute Gasteiger partial charge is 0.338 e. The molecule has 0 aliphatic carbocycles. The summed E-state index contributed by atoms with van der Waals surface area (Å²) >= 11 is 5.77. The molecule has 0 aliphatic heterocycles. The number of carbonyl (C=O) groups excluding carboxylic acids is 1. The molecule has 25 heavy (non-hydrogen) atoms. The minimum Gasteiger partial charge on any atom is -0.338 e. The summed E-state index contributed by atoms with van der Waals surface area (Å²) in [6.07, 6.45) is 2.45. The first-order valence-corrected chi connectivity index (χ1v) is 7.99. The average Bonchev–Trinajstić information content (AvgIpc) is 2.58. The van der Waals surface area contributed by atoms with Gasteiger partial charge < -0.3 is 15.2 Å². The predicted octanol–water partition coefficient (Wildman–Crippen LogP) is 3.01. The number of halogens is 1. The van der Waals surface area contributed by atoms with Gasteiger partial charge in [0.05, 0.1) is 11.1 Å². The van der Waals surface area contributed by atoms with Gasteiger partial charge in [-0.05, 0) is 37.1 Å². The Balaban J connectivity index is 1.72. The maximum atomic E-state index is 11.7. The topological polar surface area (TPSA) is 106 Å². The van der Waals surface area contributed by atoms with Crippen molar-refractivity contribution in [3.63, 3.8) is 0 Å². The quantitative estimate of drug-likeness (QED) is 0.447. The second kappa shape index (κ2) is 8.84. The van der Waals surface area contributed by atoms with Crippen LogP contribution in [-0.4, -0.2) is 22.1 Å². The fraction of sp³-hybridized carbons (Fsp3) is 0.250. The number of nitro groups is 1. The number of carbonyl (C=O) groups is 1. The number of aryl methyl sites for hydroxylation is 1. The Labute approximate surface area is 148 Å². The molecule has 0 radical (unpaired) electrons. The first-order valence-electron chi connectivity index (χ1n) is 7.61. The molecule has 1 heterocycles. The van der Waals surface area contributed by atoms with E-state index < -0.39 is 4.92 Å². The smallest absolute Gasteiger partial charge is 0.319 e. The molecule has 9 heteroatoms. The lowest BCUT2D eigenvalue weighted by molar-refractivity contribution is -0.385. The molecule has 0 saturated heterocycles. The highest BCUT2D eigenvalue weighted by atomic mass is 35.5. The van der Waals surface area contributed by atoms with Crippen LogP contribution in [0, 0.1) is 10.1 Å². The Kier molecular flexibility index (Phi) is 6.53. The molecule has 0 atom stereocenters. The van der Waals surface area contributed by atoms with E-state index in [2.05, 4.69) is 10.6 Å². The Morgan fingerprint density at radius 1 is 1.16 bits per heavy atom. The summed E-state index contributed by atoms with van der Waals surface area (Å²) in [5.74, 6) is 0. The molecule has 0 spiro atoms. The number of rotatable bonds is 7. The third kappa shape index (κ3) is 5.92. The van der Waals surface area contributed by atoms with E-state index in [9.17, 15) is 19.7 Å². The lowest BCUT2D eigenvalue weighted by atomic mass is 10.3. The maximum Gasteiger partial charge on any atom is 0.319 e. The molecule has 1 aromatic heterocycles. The molecular weight excluding hydrogens is 348 g/mol. The van der Waals surface area contributed by atoms with Crippen LogP contribution in [-0.2, 0) is 6.54 Å². The molecule has 0 saturated carbocycles. The molecule has 2 aromatic rings. The molecule has 2 rings (SSSR count). The lowest BCUT2D eigenvalue weighted by Crippen LogP contribution is -2.29. The number of benzene rings is 1. The number of amides is 2. The highest BCUT2D eigenvalue weighted by Crippen LogP contribution is 2.13. The summed E-state index contributed by atoms with van der Waals surface area (Å²) in [5, 5.41) is 16.7. The average molecular weight is 365 g/mol. The summed E-state index contributed by atoms with van der Waals surface area (Å²) in [6.45, 7) is 0.768. The SMILES string of the molecule is O=C(NCCCCn1cc([N+](=O)[O-])ccc1=O)Nc1ccc(Cl)cc1. The van der Waals surface area contributed by atoms with E-state index in [1.165, 1.54) is 22.9 Å². The van der Waals surface area contributed by atoms with Gasteiger partial charge in [0.15, 0.2) is 0 Å². The van der Waals surface area contributed by atoms with Crippen molar-refractivity contribution in [1.29, 1.82) is 0 Å². The van der Waals surface area contributed by atoms with E-state index in [1.54, 1.807) is 24.3 Å². The number of unbranched alkanes of at least 4 members (excludes halogenated alkanes) is 1. The Morgan fingerprint density at radius 3 is 2.56 bits per heavy atom. The van der Waals surface area contributed by atoms with Crippen LogP contribution in [0.1, 0.15) is 12.8 Å². The van der Waals surface area contributed by atoms with Gasteiger partial charge in [-0.3, -0.25) is 14.9 Å². The third-order valence-corrected chi connectivity index (χ3v) is 3.64. The molecule has 0 bridgehead atoms. The van der Waals surface area contributed by atoms with Crippen LogP contribution in [0.3, 0.4) is 0 Å². The molecule has 2 N–H and O–H groups in total. The van der Waals surface area contributed by atoms with E-state index in [0.717, 1.165) is 0 Å². The summed E-state index contributed by atoms with van der Waals surface area (Å²) in [6, 6.07) is 8.75. The van der Waals surface area contributed by atoms with Gasteiger partial charge in [-0.15, -0.1) is 0 Å². The number of hydrogen-bond acceptors (Lipinski definition) is 4. The number of nitrogens with zero attached hydrogens (tertiary/aromatic N) is 2. The lowest BCUT2D eigenvalue weighted by Gasteiger charge is -2.08. The maximum absolute atomic E-state index is 11.7. The van der Waals surface area contributed by atoms with Crippen LogP contribution in [0.4, 0.5) is 16.2 Å². The molecule has 0 unspecified atom stereocenters. The molecular formula is C16H17ClN4O4. The number of nitrogens with one attached hydrogen (secondary N) is 2. The number of anilines is 1. The first-order chi connectivity index (χ1) is 12.0. The van der Waals surface area contributed by atoms with Crippen LogP contribution < -0.4 is 16.2 Å². The zero-order valence-corrected chi connectivity index (χ0v) is 14.0. The van der Waals surface area contributed by atoms with Crippen molar-refractivity contribution >= 4 is 29.0 Å². The molecule has 8 nitrogen and oxygen atoms in total. The minimum absolute atomic E-state index is 0.125. The predicted molar refractivity (Wildman–Crippen MR) is 95.1 cm³/mol. The molecule has 1 aromatic carbocycles. The number of aromatic nitrogens is 1. The van der Waals surface area contributed by atoms with E-state index in [-0.39, 0.29) is 17.3 Å². The minimum atomic E-state index is -0.543. The van der Waals surface area contributed by atoms with Crippen LogP contribution in [0.5, 0.6) is 0 Å². The van der Waals surface area contributed by atoms with Gasteiger partial charge in [0.25, 0.3) is 11.2 Å². The van der Waals surface area contributed by atoms with Crippen molar-refractivity contribution in [1.82, 2.24) is 9.88 Å². The molecule has 132 valence electrons.